The molecule has 9 nitrogen and oxygen atoms in total. The van der Waals surface area contributed by atoms with E-state index in [4.69, 9.17) is 14.0 Å². The molecule has 0 radical (unpaired) electrons. The summed E-state index contributed by atoms with van der Waals surface area (Å²) in [6.45, 7) is 2.56. The highest BCUT2D eigenvalue weighted by molar-refractivity contribution is 7.17. The van der Waals surface area contributed by atoms with Crippen molar-refractivity contribution in [2.75, 3.05) is 13.7 Å². The van der Waals surface area contributed by atoms with Crippen LogP contribution >= 0.6 is 11.3 Å². The van der Waals surface area contributed by atoms with Crippen molar-refractivity contribution in [3.8, 4) is 22.9 Å². The Kier molecular flexibility index (Phi) is 6.19. The fraction of sp³-hybridized carbons (Fsp3) is 0.200. The maximum absolute atomic E-state index is 13.4. The Bertz CT molecular complexity index is 1600. The number of aromatic nitrogens is 4. The van der Waals surface area contributed by atoms with E-state index in [1.165, 1.54) is 20.5 Å². The average molecular weight is 491 g/mol. The van der Waals surface area contributed by atoms with Gasteiger partial charge in [0.15, 0.2) is 0 Å². The highest BCUT2D eigenvalue weighted by Crippen LogP contribution is 2.27. The van der Waals surface area contributed by atoms with Crippen LogP contribution in [0, 0.1) is 0 Å². The Hall–Kier alpha value is -4.18. The zero-order valence-corrected chi connectivity index (χ0v) is 19.9. The van der Waals surface area contributed by atoms with E-state index in [9.17, 15) is 9.59 Å². The minimum Gasteiger partial charge on any atom is -0.497 e. The lowest BCUT2D eigenvalue weighted by atomic mass is 10.2. The zero-order chi connectivity index (χ0) is 24.4. The van der Waals surface area contributed by atoms with E-state index in [0.717, 1.165) is 5.56 Å². The van der Waals surface area contributed by atoms with Crippen LogP contribution in [0.15, 0.2) is 74.1 Å². The van der Waals surface area contributed by atoms with Crippen LogP contribution in [-0.4, -0.2) is 33.0 Å². The van der Waals surface area contributed by atoms with Gasteiger partial charge in [0.25, 0.3) is 5.56 Å². The summed E-state index contributed by atoms with van der Waals surface area (Å²) < 4.78 is 19.5. The number of hydrogen-bond acceptors (Lipinski definition) is 8. The van der Waals surface area contributed by atoms with Gasteiger partial charge in [-0.1, -0.05) is 29.4 Å². The predicted molar refractivity (Wildman–Crippen MR) is 132 cm³/mol. The van der Waals surface area contributed by atoms with Crippen molar-refractivity contribution in [2.24, 2.45) is 0 Å². The Labute approximate surface area is 203 Å². The van der Waals surface area contributed by atoms with Crippen LogP contribution in [-0.2, 0) is 13.1 Å². The number of benzene rings is 2. The minimum atomic E-state index is -0.453. The number of rotatable bonds is 8. The summed E-state index contributed by atoms with van der Waals surface area (Å²) in [5, 5.41) is 5.88. The quantitative estimate of drug-likeness (QED) is 0.326. The molecule has 3 heterocycles. The molecule has 178 valence electrons. The number of nitrogens with zero attached hydrogens (tertiary/aromatic N) is 4. The summed E-state index contributed by atoms with van der Waals surface area (Å²) in [7, 11) is 1.58. The summed E-state index contributed by atoms with van der Waals surface area (Å²) in [6.07, 6.45) is 0. The number of fused-ring (bicyclic) bond motifs is 1. The molecular weight excluding hydrogens is 468 g/mol. The van der Waals surface area contributed by atoms with E-state index in [2.05, 4.69) is 10.1 Å². The Morgan fingerprint density at radius 2 is 1.80 bits per heavy atom. The van der Waals surface area contributed by atoms with E-state index in [1.807, 2.05) is 43.3 Å². The molecule has 0 N–H and O–H groups in total. The van der Waals surface area contributed by atoms with E-state index in [0.29, 0.717) is 39.7 Å². The van der Waals surface area contributed by atoms with Crippen molar-refractivity contribution in [2.45, 2.75) is 20.0 Å². The summed E-state index contributed by atoms with van der Waals surface area (Å²) in [4.78, 5) is 31.0. The molecule has 0 aliphatic heterocycles. The van der Waals surface area contributed by atoms with Crippen LogP contribution in [0.2, 0.25) is 0 Å². The van der Waals surface area contributed by atoms with Crippen LogP contribution in [0.25, 0.3) is 21.6 Å². The summed E-state index contributed by atoms with van der Waals surface area (Å²) >= 11 is 1.29. The molecule has 0 atom stereocenters. The lowest BCUT2D eigenvalue weighted by Gasteiger charge is -2.11. The average Bonchev–Trinajstić information content (AvgIpc) is 3.55. The molecule has 10 heteroatoms. The number of methoxy groups -OCH3 is 1. The monoisotopic (exact) mass is 490 g/mol. The fourth-order valence-electron chi connectivity index (χ4n) is 3.84. The first-order valence-corrected chi connectivity index (χ1v) is 11.9. The molecule has 0 spiro atoms. The SMILES string of the molecule is CCOc1ccccc1-c1noc(Cn2c(=O)n(Cc3ccc(OC)cc3)c(=O)c3sccc32)n1. The first kappa shape index (κ1) is 22.6. The lowest BCUT2D eigenvalue weighted by molar-refractivity contribution is 0.340. The maximum atomic E-state index is 13.4. The number of para-hydroxylation sites is 1. The van der Waals surface area contributed by atoms with Crippen molar-refractivity contribution >= 4 is 21.6 Å². The molecule has 2 aromatic carbocycles. The third kappa shape index (κ3) is 4.35. The van der Waals surface area contributed by atoms with E-state index in [1.54, 1.807) is 30.7 Å². The molecule has 35 heavy (non-hydrogen) atoms. The normalized spacial score (nSPS) is 11.1. The second kappa shape index (κ2) is 9.59. The number of thiophene rings is 1. The van der Waals surface area contributed by atoms with Crippen LogP contribution in [0.5, 0.6) is 11.5 Å². The highest BCUT2D eigenvalue weighted by atomic mass is 32.1. The van der Waals surface area contributed by atoms with Gasteiger partial charge in [-0.05, 0) is 48.2 Å². The van der Waals surface area contributed by atoms with Crippen molar-refractivity contribution in [3.63, 3.8) is 0 Å². The molecule has 3 aromatic heterocycles. The van der Waals surface area contributed by atoms with Crippen LogP contribution in [0.3, 0.4) is 0 Å². The van der Waals surface area contributed by atoms with Gasteiger partial charge in [0, 0.05) is 0 Å². The van der Waals surface area contributed by atoms with E-state index in [-0.39, 0.29) is 24.5 Å². The van der Waals surface area contributed by atoms with Crippen LogP contribution in [0.4, 0.5) is 0 Å². The second-order valence-electron chi connectivity index (χ2n) is 7.68. The largest absolute Gasteiger partial charge is 0.497 e. The van der Waals surface area contributed by atoms with Gasteiger partial charge < -0.3 is 14.0 Å². The zero-order valence-electron chi connectivity index (χ0n) is 19.1. The predicted octanol–water partition coefficient (Wildman–Crippen LogP) is 3.78. The molecule has 0 saturated carbocycles. The highest BCUT2D eigenvalue weighted by Gasteiger charge is 2.18. The van der Waals surface area contributed by atoms with Crippen molar-refractivity contribution < 1.29 is 14.0 Å². The van der Waals surface area contributed by atoms with Crippen LogP contribution in [0.1, 0.15) is 18.4 Å². The van der Waals surface area contributed by atoms with Gasteiger partial charge in [0.2, 0.25) is 11.7 Å². The standard InChI is InChI=1S/C25H22N4O5S/c1-3-33-20-7-5-4-6-18(20)23-26-21(34-27-23)15-28-19-12-13-35-22(19)24(30)29(25(28)31)14-16-8-10-17(32-2)11-9-16/h4-13H,3,14-15H2,1-2H3. The molecule has 0 amide bonds. The van der Waals surface area contributed by atoms with Gasteiger partial charge in [-0.15, -0.1) is 11.3 Å². The molecule has 5 aromatic rings. The van der Waals surface area contributed by atoms with Gasteiger partial charge in [-0.3, -0.25) is 13.9 Å². The van der Waals surface area contributed by atoms with E-state index < -0.39 is 5.69 Å². The van der Waals surface area contributed by atoms with Crippen molar-refractivity contribution in [1.82, 2.24) is 19.3 Å². The Morgan fingerprint density at radius 3 is 2.57 bits per heavy atom. The minimum absolute atomic E-state index is 0.0265. The van der Waals surface area contributed by atoms with Gasteiger partial charge in [-0.25, -0.2) is 4.79 Å². The second-order valence-corrected chi connectivity index (χ2v) is 8.60. The molecule has 0 saturated heterocycles. The van der Waals surface area contributed by atoms with Gasteiger partial charge >= 0.3 is 5.69 Å². The molecule has 0 unspecified atom stereocenters. The molecule has 0 fully saturated rings. The van der Waals surface area contributed by atoms with E-state index >= 15 is 0 Å². The molecule has 0 aliphatic rings. The third-order valence-corrected chi connectivity index (χ3v) is 6.42. The maximum Gasteiger partial charge on any atom is 0.332 e. The first-order chi connectivity index (χ1) is 17.1. The summed E-state index contributed by atoms with van der Waals surface area (Å²) in [5.41, 5.74) is 1.25. The lowest BCUT2D eigenvalue weighted by Crippen LogP contribution is -2.40. The molecular formula is C25H22N4O5S. The van der Waals surface area contributed by atoms with Gasteiger partial charge in [0.1, 0.15) is 22.7 Å². The summed E-state index contributed by atoms with van der Waals surface area (Å²) in [6, 6.07) is 16.4. The molecule has 5 rings (SSSR count). The Balaban J connectivity index is 1.52. The first-order valence-electron chi connectivity index (χ1n) is 11.0. The summed E-state index contributed by atoms with van der Waals surface area (Å²) in [5.74, 6) is 1.96. The van der Waals surface area contributed by atoms with Crippen LogP contribution < -0.4 is 20.7 Å². The van der Waals surface area contributed by atoms with Gasteiger partial charge in [0.05, 0.1) is 31.3 Å². The Morgan fingerprint density at radius 1 is 1.00 bits per heavy atom. The molecule has 0 bridgehead atoms. The topological polar surface area (TPSA) is 101 Å². The van der Waals surface area contributed by atoms with Crippen molar-refractivity contribution in [3.05, 3.63) is 92.3 Å². The smallest absolute Gasteiger partial charge is 0.332 e. The van der Waals surface area contributed by atoms with Gasteiger partial charge in [-0.2, -0.15) is 4.98 Å². The number of hydrogen-bond donors (Lipinski definition) is 0. The third-order valence-electron chi connectivity index (χ3n) is 5.53. The number of ether oxygens (including phenoxy) is 2. The fourth-order valence-corrected chi connectivity index (χ4v) is 4.68. The van der Waals surface area contributed by atoms with Crippen molar-refractivity contribution in [1.29, 1.82) is 0 Å². The molecule has 0 aliphatic carbocycles.